The third-order valence-electron chi connectivity index (χ3n) is 5.32. The van der Waals surface area contributed by atoms with Crippen LogP contribution in [-0.2, 0) is 10.3 Å². The third-order valence-corrected chi connectivity index (χ3v) is 5.32. The number of hydrogen-bond donors (Lipinski definition) is 2. The first kappa shape index (κ1) is 21.1. The molecule has 0 spiro atoms. The van der Waals surface area contributed by atoms with Gasteiger partial charge >= 0.3 is 0 Å². The van der Waals surface area contributed by atoms with Crippen LogP contribution in [-0.4, -0.2) is 49.8 Å². The number of rotatable bonds is 4. The van der Waals surface area contributed by atoms with Crippen molar-refractivity contribution >= 4 is 23.5 Å². The maximum Gasteiger partial charge on any atom is 0.275 e. The van der Waals surface area contributed by atoms with Crippen molar-refractivity contribution in [3.63, 3.8) is 0 Å². The minimum Gasteiger partial charge on any atom is -0.369 e. The van der Waals surface area contributed by atoms with E-state index in [1.54, 1.807) is 33.0 Å². The Labute approximate surface area is 183 Å². The largest absolute Gasteiger partial charge is 0.369 e. The van der Waals surface area contributed by atoms with E-state index in [2.05, 4.69) is 30.4 Å². The molecule has 2 amide bonds. The summed E-state index contributed by atoms with van der Waals surface area (Å²) in [6, 6.07) is 3.30. The quantitative estimate of drug-likeness (QED) is 0.630. The predicted octanol–water partition coefficient (Wildman–Crippen LogP) is 1.79. The zero-order valence-corrected chi connectivity index (χ0v) is 18.1. The van der Waals surface area contributed by atoms with E-state index < -0.39 is 11.4 Å². The molecule has 3 N–H and O–H groups in total. The average molecular weight is 434 g/mol. The van der Waals surface area contributed by atoms with E-state index in [1.165, 1.54) is 23.5 Å². The second kappa shape index (κ2) is 7.84. The number of anilines is 1. The first-order valence-corrected chi connectivity index (χ1v) is 9.83. The highest BCUT2D eigenvalue weighted by molar-refractivity contribution is 6.03. The highest BCUT2D eigenvalue weighted by Crippen LogP contribution is 2.32. The molecule has 0 saturated heterocycles. The fraction of sp³-hybridized carbons (Fsp3) is 0.286. The molecule has 0 saturated carbocycles. The molecule has 164 valence electrons. The fourth-order valence-electron chi connectivity index (χ4n) is 3.48. The van der Waals surface area contributed by atoms with Crippen molar-refractivity contribution in [2.24, 2.45) is 10.7 Å². The van der Waals surface area contributed by atoms with E-state index in [9.17, 15) is 9.59 Å². The molecule has 1 atom stereocenters. The number of hydrogen-bond acceptors (Lipinski definition) is 9. The molecule has 3 aromatic rings. The molecule has 11 heteroatoms. The number of guanidine groups is 1. The number of nitrogens with zero attached hydrogens (tertiary/aromatic N) is 6. The summed E-state index contributed by atoms with van der Waals surface area (Å²) in [5, 5.41) is 6.68. The van der Waals surface area contributed by atoms with Crippen LogP contribution in [0.25, 0.3) is 11.3 Å². The Morgan fingerprint density at radius 2 is 2.03 bits per heavy atom. The Morgan fingerprint density at radius 3 is 2.66 bits per heavy atom. The van der Waals surface area contributed by atoms with Crippen LogP contribution in [0.4, 0.5) is 5.69 Å². The molecule has 1 unspecified atom stereocenters. The Bertz CT molecular complexity index is 1210. The second-order valence-electron chi connectivity index (χ2n) is 7.74. The van der Waals surface area contributed by atoms with Gasteiger partial charge in [0.05, 0.1) is 41.5 Å². The zero-order valence-electron chi connectivity index (χ0n) is 18.1. The molecule has 4 rings (SSSR count). The molecule has 0 radical (unpaired) electrons. The smallest absolute Gasteiger partial charge is 0.275 e. The Hall–Kier alpha value is -4.15. The van der Waals surface area contributed by atoms with Gasteiger partial charge in [0.2, 0.25) is 5.91 Å². The van der Waals surface area contributed by atoms with Crippen molar-refractivity contribution in [2.45, 2.75) is 32.7 Å². The number of nitrogens with two attached hydrogens (primary N) is 1. The summed E-state index contributed by atoms with van der Waals surface area (Å²) < 4.78 is 5.15. The first-order chi connectivity index (χ1) is 15.2. The molecule has 1 aliphatic rings. The third kappa shape index (κ3) is 3.80. The van der Waals surface area contributed by atoms with Crippen molar-refractivity contribution in [1.82, 2.24) is 25.0 Å². The standard InChI is InChI=1S/C21H22N8O3/c1-11-18(12(2)32-28-11)14-9-25-15(10-24-14)19(31)26-13-5-6-23-16(7-13)21(3)8-17(30)29(4)20(22)27-21/h5-7,9-10H,8H2,1-4H3,(H2,22,27)(H,23,26,31). The number of carbonyl (C=O) groups is 2. The normalized spacial score (nSPS) is 18.4. The van der Waals surface area contributed by atoms with Crippen LogP contribution in [0.5, 0.6) is 0 Å². The van der Waals surface area contributed by atoms with Crippen molar-refractivity contribution in [3.8, 4) is 11.3 Å². The van der Waals surface area contributed by atoms with Crippen LogP contribution in [0.3, 0.4) is 0 Å². The first-order valence-electron chi connectivity index (χ1n) is 9.83. The van der Waals surface area contributed by atoms with E-state index in [0.29, 0.717) is 28.5 Å². The molecular weight excluding hydrogens is 412 g/mol. The van der Waals surface area contributed by atoms with Gasteiger partial charge in [0.25, 0.3) is 5.91 Å². The number of amides is 2. The van der Waals surface area contributed by atoms with Crippen molar-refractivity contribution in [2.75, 3.05) is 12.4 Å². The van der Waals surface area contributed by atoms with Crippen LogP contribution in [0.1, 0.15) is 41.0 Å². The number of nitrogens with one attached hydrogen (secondary N) is 1. The highest BCUT2D eigenvalue weighted by Gasteiger charge is 2.37. The van der Waals surface area contributed by atoms with Gasteiger partial charge < -0.3 is 15.6 Å². The molecule has 4 heterocycles. The van der Waals surface area contributed by atoms with Gasteiger partial charge in [-0.25, -0.2) is 9.98 Å². The minimum absolute atomic E-state index is 0.114. The van der Waals surface area contributed by atoms with E-state index in [0.717, 1.165) is 5.56 Å². The number of carbonyl (C=O) groups excluding carboxylic acids is 2. The lowest BCUT2D eigenvalue weighted by Gasteiger charge is -2.32. The fourth-order valence-corrected chi connectivity index (χ4v) is 3.48. The van der Waals surface area contributed by atoms with Crippen LogP contribution in [0, 0.1) is 13.8 Å². The summed E-state index contributed by atoms with van der Waals surface area (Å²) in [7, 11) is 1.57. The van der Waals surface area contributed by atoms with Crippen LogP contribution >= 0.6 is 0 Å². The summed E-state index contributed by atoms with van der Waals surface area (Å²) >= 11 is 0. The molecule has 0 fully saturated rings. The SMILES string of the molecule is Cc1noc(C)c1-c1cnc(C(=O)Nc2ccnc(C3(C)CC(=O)N(C)C(N)=N3)c2)cn1. The van der Waals surface area contributed by atoms with Crippen molar-refractivity contribution in [1.29, 1.82) is 0 Å². The number of aryl methyl sites for hydroxylation is 2. The number of aliphatic imine (C=N–C) groups is 1. The summed E-state index contributed by atoms with van der Waals surface area (Å²) in [5.41, 5.74) is 8.11. The lowest BCUT2D eigenvalue weighted by atomic mass is 9.91. The van der Waals surface area contributed by atoms with E-state index in [4.69, 9.17) is 10.3 Å². The van der Waals surface area contributed by atoms with Gasteiger partial charge in [-0.2, -0.15) is 0 Å². The zero-order chi connectivity index (χ0) is 23.0. The summed E-state index contributed by atoms with van der Waals surface area (Å²) in [4.78, 5) is 43.5. The molecule has 11 nitrogen and oxygen atoms in total. The number of pyridine rings is 1. The van der Waals surface area contributed by atoms with Gasteiger partial charge in [0, 0.05) is 18.9 Å². The second-order valence-corrected chi connectivity index (χ2v) is 7.74. The lowest BCUT2D eigenvalue weighted by Crippen LogP contribution is -2.47. The van der Waals surface area contributed by atoms with Crippen LogP contribution in [0.2, 0.25) is 0 Å². The van der Waals surface area contributed by atoms with Gasteiger partial charge in [-0.1, -0.05) is 5.16 Å². The maximum absolute atomic E-state index is 12.7. The molecular formula is C21H22N8O3. The molecule has 0 bridgehead atoms. The van der Waals surface area contributed by atoms with Crippen molar-refractivity contribution in [3.05, 3.63) is 53.6 Å². The summed E-state index contributed by atoms with van der Waals surface area (Å²) in [6.07, 6.45) is 4.54. The van der Waals surface area contributed by atoms with Gasteiger partial charge in [0.1, 0.15) is 17.0 Å². The average Bonchev–Trinajstić information content (AvgIpc) is 3.10. The monoisotopic (exact) mass is 434 g/mol. The summed E-state index contributed by atoms with van der Waals surface area (Å²) in [6.45, 7) is 5.37. The van der Waals surface area contributed by atoms with Crippen LogP contribution in [0.15, 0.2) is 40.2 Å². The van der Waals surface area contributed by atoms with Crippen molar-refractivity contribution < 1.29 is 14.1 Å². The molecule has 32 heavy (non-hydrogen) atoms. The number of aromatic nitrogens is 4. The minimum atomic E-state index is -0.926. The topological polar surface area (TPSA) is 152 Å². The van der Waals surface area contributed by atoms with E-state index in [1.807, 2.05) is 6.92 Å². The Morgan fingerprint density at radius 1 is 1.25 bits per heavy atom. The van der Waals surface area contributed by atoms with Gasteiger partial charge in [-0.15, -0.1) is 0 Å². The molecule has 1 aliphatic heterocycles. The lowest BCUT2D eigenvalue weighted by molar-refractivity contribution is -0.128. The van der Waals surface area contributed by atoms with Gasteiger partial charge in [0.15, 0.2) is 5.96 Å². The van der Waals surface area contributed by atoms with Crippen LogP contribution < -0.4 is 11.1 Å². The predicted molar refractivity (Wildman–Crippen MR) is 116 cm³/mol. The van der Waals surface area contributed by atoms with E-state index in [-0.39, 0.29) is 24.0 Å². The Balaban J connectivity index is 1.54. The van der Waals surface area contributed by atoms with Gasteiger partial charge in [-0.05, 0) is 32.9 Å². The highest BCUT2D eigenvalue weighted by atomic mass is 16.5. The van der Waals surface area contributed by atoms with Gasteiger partial charge in [-0.3, -0.25) is 24.5 Å². The van der Waals surface area contributed by atoms with E-state index >= 15 is 0 Å². The maximum atomic E-state index is 12.7. The molecule has 0 aliphatic carbocycles. The Kier molecular flexibility index (Phi) is 5.17. The summed E-state index contributed by atoms with van der Waals surface area (Å²) in [5.74, 6) is 0.147. The molecule has 0 aromatic carbocycles. The molecule has 3 aromatic heterocycles.